The van der Waals surface area contributed by atoms with Crippen molar-refractivity contribution in [3.8, 4) is 0 Å². The van der Waals surface area contributed by atoms with Crippen molar-refractivity contribution in [1.29, 1.82) is 0 Å². The van der Waals surface area contributed by atoms with Gasteiger partial charge in [-0.05, 0) is 19.8 Å². The third-order valence-electron chi connectivity index (χ3n) is 3.91. The molecule has 1 aromatic heterocycles. The minimum Gasteiger partial charge on any atom is -0.346 e. The molecule has 2 rings (SSSR count). The first-order chi connectivity index (χ1) is 8.59. The third-order valence-corrected chi connectivity index (χ3v) is 3.91. The molecule has 1 aliphatic carbocycles. The Hall–Kier alpha value is -1.43. The molecule has 1 heterocycles. The Kier molecular flexibility index (Phi) is 3.65. The SMILES string of the molecule is CC(NC(=O)C1(CN)CCCC1)c1nncn1C. The first kappa shape index (κ1) is 13.0. The van der Waals surface area contributed by atoms with Crippen LogP contribution in [0.4, 0.5) is 0 Å². The van der Waals surface area contributed by atoms with Gasteiger partial charge in [0.15, 0.2) is 5.82 Å². The molecule has 1 saturated carbocycles. The third kappa shape index (κ3) is 2.25. The smallest absolute Gasteiger partial charge is 0.228 e. The van der Waals surface area contributed by atoms with Gasteiger partial charge in [-0.25, -0.2) is 0 Å². The second-order valence-electron chi connectivity index (χ2n) is 5.19. The van der Waals surface area contributed by atoms with Gasteiger partial charge < -0.3 is 15.6 Å². The summed E-state index contributed by atoms with van der Waals surface area (Å²) >= 11 is 0. The monoisotopic (exact) mass is 251 g/mol. The summed E-state index contributed by atoms with van der Waals surface area (Å²) in [5, 5.41) is 10.8. The molecule has 3 N–H and O–H groups in total. The fourth-order valence-electron chi connectivity index (χ4n) is 2.67. The molecule has 18 heavy (non-hydrogen) atoms. The van der Waals surface area contributed by atoms with Crippen molar-refractivity contribution in [2.24, 2.45) is 18.2 Å². The molecule has 100 valence electrons. The second kappa shape index (κ2) is 5.06. The van der Waals surface area contributed by atoms with Gasteiger partial charge in [0, 0.05) is 13.6 Å². The summed E-state index contributed by atoms with van der Waals surface area (Å²) in [5.41, 5.74) is 5.43. The van der Waals surface area contributed by atoms with Gasteiger partial charge in [0.05, 0.1) is 11.5 Å². The van der Waals surface area contributed by atoms with Crippen LogP contribution in [0, 0.1) is 5.41 Å². The number of amides is 1. The molecule has 1 amide bonds. The Morgan fingerprint density at radius 3 is 2.78 bits per heavy atom. The molecule has 6 heteroatoms. The first-order valence-electron chi connectivity index (χ1n) is 6.44. The van der Waals surface area contributed by atoms with Crippen LogP contribution in [-0.2, 0) is 11.8 Å². The van der Waals surface area contributed by atoms with Crippen molar-refractivity contribution in [3.05, 3.63) is 12.2 Å². The van der Waals surface area contributed by atoms with Crippen molar-refractivity contribution >= 4 is 5.91 Å². The van der Waals surface area contributed by atoms with Gasteiger partial charge in [0.2, 0.25) is 5.91 Å². The van der Waals surface area contributed by atoms with Crippen LogP contribution < -0.4 is 11.1 Å². The number of carbonyl (C=O) groups is 1. The summed E-state index contributed by atoms with van der Waals surface area (Å²) in [6.45, 7) is 2.34. The Balaban J connectivity index is 2.05. The molecular weight excluding hydrogens is 230 g/mol. The Bertz CT molecular complexity index is 422. The lowest BCUT2D eigenvalue weighted by atomic mass is 9.85. The highest BCUT2D eigenvalue weighted by Gasteiger charge is 2.40. The zero-order valence-corrected chi connectivity index (χ0v) is 11.0. The fourth-order valence-corrected chi connectivity index (χ4v) is 2.67. The van der Waals surface area contributed by atoms with Crippen molar-refractivity contribution in [2.45, 2.75) is 38.6 Å². The number of aromatic nitrogens is 3. The van der Waals surface area contributed by atoms with Crippen LogP contribution in [0.1, 0.15) is 44.5 Å². The number of carbonyl (C=O) groups excluding carboxylic acids is 1. The number of nitrogens with one attached hydrogen (secondary N) is 1. The Morgan fingerprint density at radius 2 is 2.28 bits per heavy atom. The summed E-state index contributed by atoms with van der Waals surface area (Å²) in [5.74, 6) is 0.812. The van der Waals surface area contributed by atoms with E-state index in [0.717, 1.165) is 31.5 Å². The number of nitrogens with zero attached hydrogens (tertiary/aromatic N) is 3. The lowest BCUT2D eigenvalue weighted by Gasteiger charge is -2.27. The molecule has 0 radical (unpaired) electrons. The maximum absolute atomic E-state index is 12.4. The first-order valence-corrected chi connectivity index (χ1v) is 6.44. The van der Waals surface area contributed by atoms with E-state index < -0.39 is 0 Å². The summed E-state index contributed by atoms with van der Waals surface area (Å²) in [7, 11) is 1.87. The van der Waals surface area contributed by atoms with E-state index in [-0.39, 0.29) is 17.4 Å². The van der Waals surface area contributed by atoms with E-state index in [9.17, 15) is 4.79 Å². The van der Waals surface area contributed by atoms with E-state index in [1.807, 2.05) is 18.5 Å². The van der Waals surface area contributed by atoms with Crippen LogP contribution in [-0.4, -0.2) is 27.2 Å². The van der Waals surface area contributed by atoms with E-state index in [1.54, 1.807) is 6.33 Å². The standard InChI is InChI=1S/C12H21N5O/c1-9(10-16-14-8-17(10)2)15-11(18)12(7-13)5-3-4-6-12/h8-9H,3-7,13H2,1-2H3,(H,15,18). The molecule has 0 aromatic carbocycles. The zero-order chi connectivity index (χ0) is 13.2. The van der Waals surface area contributed by atoms with Crippen molar-refractivity contribution in [3.63, 3.8) is 0 Å². The molecule has 0 bridgehead atoms. The highest BCUT2D eigenvalue weighted by atomic mass is 16.2. The molecule has 1 fully saturated rings. The minimum atomic E-state index is -0.368. The van der Waals surface area contributed by atoms with E-state index in [0.29, 0.717) is 6.54 Å². The van der Waals surface area contributed by atoms with Gasteiger partial charge in [-0.1, -0.05) is 12.8 Å². The van der Waals surface area contributed by atoms with Crippen molar-refractivity contribution < 1.29 is 4.79 Å². The van der Waals surface area contributed by atoms with Gasteiger partial charge in [-0.3, -0.25) is 4.79 Å². The van der Waals surface area contributed by atoms with E-state index in [4.69, 9.17) is 5.73 Å². The van der Waals surface area contributed by atoms with Crippen LogP contribution in [0.3, 0.4) is 0 Å². The van der Waals surface area contributed by atoms with E-state index in [2.05, 4.69) is 15.5 Å². The summed E-state index contributed by atoms with van der Waals surface area (Å²) in [6.07, 6.45) is 5.58. The van der Waals surface area contributed by atoms with Gasteiger partial charge in [-0.15, -0.1) is 10.2 Å². The van der Waals surface area contributed by atoms with Crippen LogP contribution >= 0.6 is 0 Å². The molecule has 0 spiro atoms. The molecule has 0 aliphatic heterocycles. The zero-order valence-electron chi connectivity index (χ0n) is 11.0. The van der Waals surface area contributed by atoms with Crippen LogP contribution in [0.5, 0.6) is 0 Å². The van der Waals surface area contributed by atoms with E-state index >= 15 is 0 Å². The molecule has 1 aromatic rings. The summed E-state index contributed by atoms with van der Waals surface area (Å²) in [4.78, 5) is 12.4. The molecular formula is C12H21N5O. The van der Waals surface area contributed by atoms with Gasteiger partial charge in [0.1, 0.15) is 6.33 Å². The fraction of sp³-hybridized carbons (Fsp3) is 0.750. The molecule has 6 nitrogen and oxygen atoms in total. The lowest BCUT2D eigenvalue weighted by molar-refractivity contribution is -0.131. The average Bonchev–Trinajstić information content (AvgIpc) is 2.97. The van der Waals surface area contributed by atoms with Gasteiger partial charge >= 0.3 is 0 Å². The predicted octanol–water partition coefficient (Wildman–Crippen LogP) is 0.511. The maximum Gasteiger partial charge on any atom is 0.228 e. The topological polar surface area (TPSA) is 85.8 Å². The number of hydrogen-bond donors (Lipinski definition) is 2. The van der Waals surface area contributed by atoms with Crippen molar-refractivity contribution in [2.75, 3.05) is 6.54 Å². The largest absolute Gasteiger partial charge is 0.346 e. The average molecular weight is 251 g/mol. The quantitative estimate of drug-likeness (QED) is 0.816. The highest BCUT2D eigenvalue weighted by molar-refractivity contribution is 5.83. The van der Waals surface area contributed by atoms with E-state index in [1.165, 1.54) is 0 Å². The van der Waals surface area contributed by atoms with Crippen LogP contribution in [0.2, 0.25) is 0 Å². The number of rotatable bonds is 4. The molecule has 1 aliphatic rings. The normalized spacial score (nSPS) is 19.7. The van der Waals surface area contributed by atoms with Crippen molar-refractivity contribution in [1.82, 2.24) is 20.1 Å². The van der Waals surface area contributed by atoms with Crippen LogP contribution in [0.15, 0.2) is 6.33 Å². The lowest BCUT2D eigenvalue weighted by Crippen LogP contribution is -2.45. The van der Waals surface area contributed by atoms with Gasteiger partial charge in [-0.2, -0.15) is 0 Å². The Morgan fingerprint density at radius 1 is 1.61 bits per heavy atom. The number of nitrogens with two attached hydrogens (primary N) is 1. The highest BCUT2D eigenvalue weighted by Crippen LogP contribution is 2.37. The number of aryl methyl sites for hydroxylation is 1. The van der Waals surface area contributed by atoms with Crippen LogP contribution in [0.25, 0.3) is 0 Å². The number of hydrogen-bond acceptors (Lipinski definition) is 4. The van der Waals surface area contributed by atoms with Gasteiger partial charge in [0.25, 0.3) is 0 Å². The molecule has 0 saturated heterocycles. The minimum absolute atomic E-state index is 0.0537. The summed E-state index contributed by atoms with van der Waals surface area (Å²) in [6, 6.07) is -0.144. The summed E-state index contributed by atoms with van der Waals surface area (Å²) < 4.78 is 1.81. The maximum atomic E-state index is 12.4. The predicted molar refractivity (Wildman–Crippen MR) is 67.5 cm³/mol. The molecule has 1 unspecified atom stereocenters. The second-order valence-corrected chi connectivity index (χ2v) is 5.19. The Labute approximate surface area is 107 Å². The molecule has 1 atom stereocenters.